The van der Waals surface area contributed by atoms with Gasteiger partial charge in [-0.25, -0.2) is 0 Å². The number of alkyl halides is 6. The number of nitrogens with zero attached hydrogens (tertiary/aromatic N) is 2. The highest BCUT2D eigenvalue weighted by molar-refractivity contribution is 9.10. The highest BCUT2D eigenvalue weighted by Crippen LogP contribution is 2.36. The van der Waals surface area contributed by atoms with Crippen LogP contribution in [-0.2, 0) is 23.7 Å². The van der Waals surface area contributed by atoms with E-state index in [2.05, 4.69) is 26.1 Å². The third kappa shape index (κ3) is 7.09. The van der Waals surface area contributed by atoms with Gasteiger partial charge in [0.05, 0.1) is 11.1 Å². The molecule has 11 heteroatoms. The van der Waals surface area contributed by atoms with Gasteiger partial charge in [0.2, 0.25) is 5.91 Å². The summed E-state index contributed by atoms with van der Waals surface area (Å²) in [6.45, 7) is 2.37. The van der Waals surface area contributed by atoms with E-state index in [4.69, 9.17) is 0 Å². The molecule has 4 rings (SSSR count). The molecule has 38 heavy (non-hydrogen) atoms. The third-order valence-electron chi connectivity index (χ3n) is 7.37. The van der Waals surface area contributed by atoms with Crippen LogP contribution in [0, 0.1) is 0 Å². The number of hydrogen-bond donors (Lipinski definition) is 1. The van der Waals surface area contributed by atoms with E-state index in [9.17, 15) is 31.1 Å². The number of amides is 1. The summed E-state index contributed by atoms with van der Waals surface area (Å²) in [5.74, 6) is -0.478. The molecule has 208 valence electrons. The minimum atomic E-state index is -4.95. The summed E-state index contributed by atoms with van der Waals surface area (Å²) < 4.78 is 80.3. The molecule has 1 N–H and O–H groups in total. The Balaban J connectivity index is 1.52. The van der Waals surface area contributed by atoms with Gasteiger partial charge in [-0.1, -0.05) is 53.4 Å². The largest absolute Gasteiger partial charge is 0.416 e. The van der Waals surface area contributed by atoms with E-state index in [1.165, 1.54) is 32.1 Å². The fourth-order valence-corrected chi connectivity index (χ4v) is 5.92. The molecule has 0 spiro atoms. The van der Waals surface area contributed by atoms with Crippen molar-refractivity contribution in [3.05, 3.63) is 69.2 Å². The first-order chi connectivity index (χ1) is 17.9. The molecule has 2 fully saturated rings. The monoisotopic (exact) mass is 605 g/mol. The zero-order valence-electron chi connectivity index (χ0n) is 20.7. The van der Waals surface area contributed by atoms with Crippen molar-refractivity contribution in [2.45, 2.75) is 63.1 Å². The number of carbonyl (C=O) groups is 1. The minimum absolute atomic E-state index is 0.0843. The van der Waals surface area contributed by atoms with Gasteiger partial charge >= 0.3 is 12.4 Å². The Morgan fingerprint density at radius 1 is 0.895 bits per heavy atom. The van der Waals surface area contributed by atoms with E-state index >= 15 is 0 Å². The number of rotatable bonds is 6. The number of benzene rings is 2. The van der Waals surface area contributed by atoms with Gasteiger partial charge in [0.15, 0.2) is 0 Å². The maximum atomic E-state index is 13.5. The summed E-state index contributed by atoms with van der Waals surface area (Å²) in [6, 6.07) is 8.38. The van der Waals surface area contributed by atoms with E-state index in [0.717, 1.165) is 13.1 Å². The number of piperazine rings is 1. The van der Waals surface area contributed by atoms with Gasteiger partial charge in [-0.2, -0.15) is 26.3 Å². The first-order valence-electron chi connectivity index (χ1n) is 12.7. The van der Waals surface area contributed by atoms with E-state index in [-0.39, 0.29) is 11.6 Å². The predicted octanol–water partition coefficient (Wildman–Crippen LogP) is 6.79. The molecule has 1 unspecified atom stereocenters. The van der Waals surface area contributed by atoms with E-state index in [0.29, 0.717) is 41.3 Å². The Kier molecular flexibility index (Phi) is 9.09. The summed E-state index contributed by atoms with van der Waals surface area (Å²) >= 11 is 3.50. The minimum Gasteiger partial charge on any atom is -0.350 e. The molecule has 2 aliphatic rings. The molecule has 0 bridgehead atoms. The smallest absolute Gasteiger partial charge is 0.350 e. The summed E-state index contributed by atoms with van der Waals surface area (Å²) in [5.41, 5.74) is -2.39. The van der Waals surface area contributed by atoms with Gasteiger partial charge in [0.1, 0.15) is 6.04 Å². The molecule has 1 aliphatic heterocycles. The van der Waals surface area contributed by atoms with Gasteiger partial charge in [-0.3, -0.25) is 14.6 Å². The van der Waals surface area contributed by atoms with Crippen LogP contribution in [-0.4, -0.2) is 47.9 Å². The highest BCUT2D eigenvalue weighted by Gasteiger charge is 2.37. The maximum Gasteiger partial charge on any atom is 0.416 e. The average Bonchev–Trinajstić information content (AvgIpc) is 2.88. The van der Waals surface area contributed by atoms with Gasteiger partial charge in [0.25, 0.3) is 0 Å². The average molecular weight is 606 g/mol. The van der Waals surface area contributed by atoms with Gasteiger partial charge in [-0.15, -0.1) is 0 Å². The van der Waals surface area contributed by atoms with Crippen molar-refractivity contribution < 1.29 is 31.1 Å². The highest BCUT2D eigenvalue weighted by atomic mass is 79.9. The molecule has 1 aliphatic carbocycles. The van der Waals surface area contributed by atoms with Gasteiger partial charge in [0, 0.05) is 43.2 Å². The van der Waals surface area contributed by atoms with Crippen LogP contribution in [0.2, 0.25) is 0 Å². The molecular weight excluding hydrogens is 576 g/mol. The molecule has 0 aromatic heterocycles. The first kappa shape index (κ1) is 28.9. The van der Waals surface area contributed by atoms with Crippen molar-refractivity contribution in [3.8, 4) is 0 Å². The molecule has 0 radical (unpaired) electrons. The molecular formula is C27H30BrF6N3O. The van der Waals surface area contributed by atoms with E-state index in [1.54, 1.807) is 18.2 Å². The summed E-state index contributed by atoms with van der Waals surface area (Å²) in [4.78, 5) is 18.0. The second-order valence-corrected chi connectivity index (χ2v) is 10.8. The van der Waals surface area contributed by atoms with Crippen LogP contribution < -0.4 is 5.32 Å². The third-order valence-corrected chi connectivity index (χ3v) is 8.09. The second-order valence-electron chi connectivity index (χ2n) is 9.92. The van der Waals surface area contributed by atoms with Crippen LogP contribution in [0.3, 0.4) is 0 Å². The quantitative estimate of drug-likeness (QED) is 0.368. The van der Waals surface area contributed by atoms with Crippen molar-refractivity contribution in [3.63, 3.8) is 0 Å². The zero-order chi connectivity index (χ0) is 27.5. The van der Waals surface area contributed by atoms with Crippen molar-refractivity contribution in [1.82, 2.24) is 15.1 Å². The summed E-state index contributed by atoms with van der Waals surface area (Å²) in [5, 5.41) is 2.60. The van der Waals surface area contributed by atoms with Crippen molar-refractivity contribution in [2.75, 3.05) is 26.2 Å². The zero-order valence-corrected chi connectivity index (χ0v) is 22.3. The molecule has 1 atom stereocenters. The lowest BCUT2D eigenvalue weighted by Gasteiger charge is -2.43. The first-order valence-corrected chi connectivity index (χ1v) is 13.5. The van der Waals surface area contributed by atoms with E-state index in [1.807, 2.05) is 11.0 Å². The van der Waals surface area contributed by atoms with Gasteiger partial charge in [-0.05, 0) is 48.2 Å². The van der Waals surface area contributed by atoms with Crippen molar-refractivity contribution >= 4 is 21.8 Å². The number of nitrogens with one attached hydrogen (secondary N) is 1. The molecule has 2 aromatic rings. The molecule has 1 heterocycles. The van der Waals surface area contributed by atoms with Crippen LogP contribution in [0.4, 0.5) is 26.3 Å². The molecule has 2 aromatic carbocycles. The summed E-state index contributed by atoms with van der Waals surface area (Å²) in [6.07, 6.45) is -3.85. The Morgan fingerprint density at radius 3 is 2.03 bits per heavy atom. The number of carbonyl (C=O) groups excluding carboxylic acids is 1. The second kappa shape index (κ2) is 12.0. The van der Waals surface area contributed by atoms with Crippen LogP contribution >= 0.6 is 15.9 Å². The Morgan fingerprint density at radius 2 is 1.47 bits per heavy atom. The molecule has 1 amide bonds. The predicted molar refractivity (Wildman–Crippen MR) is 135 cm³/mol. The lowest BCUT2D eigenvalue weighted by molar-refractivity contribution is -0.143. The fourth-order valence-electron chi connectivity index (χ4n) is 5.41. The van der Waals surface area contributed by atoms with E-state index < -0.39 is 42.0 Å². The molecule has 1 saturated heterocycles. The van der Waals surface area contributed by atoms with Crippen molar-refractivity contribution in [2.24, 2.45) is 0 Å². The normalized spacial score (nSPS) is 19.3. The number of halogens is 7. The summed E-state index contributed by atoms with van der Waals surface area (Å²) in [7, 11) is 0. The maximum absolute atomic E-state index is 13.5. The Labute approximate surface area is 226 Å². The SMILES string of the molecule is O=C(NCc1cc(C(F)(F)F)cc(C(F)(F)F)c1)C(c1ccccc1Br)N1CCN(C2CCCCC2)CC1. The van der Waals surface area contributed by atoms with Crippen LogP contribution in [0.1, 0.15) is 60.4 Å². The molecule has 1 saturated carbocycles. The molecule has 4 nitrogen and oxygen atoms in total. The lowest BCUT2D eigenvalue weighted by Crippen LogP contribution is -2.53. The standard InChI is InChI=1S/C27H30BrF6N3O/c28-23-9-5-4-8-22(23)24(37-12-10-36(11-13-37)21-6-2-1-3-7-21)25(38)35-17-18-14-19(26(29,30)31)16-20(15-18)27(32,33)34/h4-5,8-9,14-16,21,24H,1-3,6-7,10-13,17H2,(H,35,38). The topological polar surface area (TPSA) is 35.6 Å². The van der Waals surface area contributed by atoms with Crippen LogP contribution in [0.5, 0.6) is 0 Å². The Bertz CT molecular complexity index is 1080. The lowest BCUT2D eigenvalue weighted by atomic mass is 9.93. The van der Waals surface area contributed by atoms with Crippen molar-refractivity contribution in [1.29, 1.82) is 0 Å². The van der Waals surface area contributed by atoms with Crippen LogP contribution in [0.15, 0.2) is 46.9 Å². The van der Waals surface area contributed by atoms with Gasteiger partial charge < -0.3 is 5.32 Å². The fraction of sp³-hybridized carbons (Fsp3) is 0.519. The number of hydrogen-bond acceptors (Lipinski definition) is 3. The van der Waals surface area contributed by atoms with Crippen LogP contribution in [0.25, 0.3) is 0 Å². The Hall–Kier alpha value is -2.11.